The molecule has 0 fully saturated rings. The summed E-state index contributed by atoms with van der Waals surface area (Å²) in [7, 11) is -3.68. The van der Waals surface area contributed by atoms with Crippen LogP contribution in [0.2, 0.25) is 0 Å². The number of nitrogens with one attached hydrogen (secondary N) is 1. The van der Waals surface area contributed by atoms with E-state index in [9.17, 15) is 12.8 Å². The number of hydrogen-bond acceptors (Lipinski definition) is 4. The van der Waals surface area contributed by atoms with E-state index in [4.69, 9.17) is 10.00 Å². The number of nitrogens with zero attached hydrogens (tertiary/aromatic N) is 1. The third-order valence-electron chi connectivity index (χ3n) is 2.78. The van der Waals surface area contributed by atoms with E-state index in [1.54, 1.807) is 6.07 Å². The number of para-hydroxylation sites is 1. The number of benzene rings is 2. The highest BCUT2D eigenvalue weighted by Crippen LogP contribution is 2.15. The first kappa shape index (κ1) is 15.9. The zero-order valence-corrected chi connectivity index (χ0v) is 12.3. The van der Waals surface area contributed by atoms with E-state index in [2.05, 4.69) is 4.72 Å². The van der Waals surface area contributed by atoms with Crippen molar-refractivity contribution >= 4 is 10.0 Å². The van der Waals surface area contributed by atoms with E-state index in [0.29, 0.717) is 5.56 Å². The standard InChI is InChI=1S/C15H13FN2O3S/c16-14-3-1-2-4-15(14)21-10-9-18-22(19,20)13-7-5-12(11-17)6-8-13/h1-8,18H,9-10H2. The Labute approximate surface area is 128 Å². The zero-order chi connectivity index (χ0) is 16.0. The van der Waals surface area contributed by atoms with E-state index >= 15 is 0 Å². The summed E-state index contributed by atoms with van der Waals surface area (Å²) in [6.45, 7) is -0.00683. The van der Waals surface area contributed by atoms with Gasteiger partial charge in [0.2, 0.25) is 10.0 Å². The van der Waals surface area contributed by atoms with Gasteiger partial charge in [0, 0.05) is 6.54 Å². The molecule has 0 saturated heterocycles. The van der Waals surface area contributed by atoms with Gasteiger partial charge >= 0.3 is 0 Å². The van der Waals surface area contributed by atoms with Crippen LogP contribution in [0.3, 0.4) is 0 Å². The van der Waals surface area contributed by atoms with E-state index in [-0.39, 0.29) is 23.8 Å². The Morgan fingerprint density at radius 1 is 1.14 bits per heavy atom. The van der Waals surface area contributed by atoms with Crippen LogP contribution in [0.25, 0.3) is 0 Å². The molecule has 0 spiro atoms. The quantitative estimate of drug-likeness (QED) is 0.826. The fourth-order valence-electron chi connectivity index (χ4n) is 1.69. The molecule has 2 aromatic carbocycles. The van der Waals surface area contributed by atoms with Crippen LogP contribution in [0.1, 0.15) is 5.56 Å². The molecular formula is C15H13FN2O3S. The normalized spacial score (nSPS) is 10.9. The molecule has 0 aliphatic carbocycles. The van der Waals surface area contributed by atoms with Crippen molar-refractivity contribution in [3.8, 4) is 11.8 Å². The molecule has 2 rings (SSSR count). The van der Waals surface area contributed by atoms with Gasteiger partial charge < -0.3 is 4.74 Å². The molecule has 0 radical (unpaired) electrons. The van der Waals surface area contributed by atoms with Gasteiger partial charge in [-0.2, -0.15) is 5.26 Å². The summed E-state index contributed by atoms with van der Waals surface area (Å²) < 4.78 is 44.8. The summed E-state index contributed by atoms with van der Waals surface area (Å²) in [6, 6.07) is 13.3. The van der Waals surface area contributed by atoms with E-state index in [1.165, 1.54) is 42.5 Å². The molecule has 0 heterocycles. The molecule has 5 nitrogen and oxygen atoms in total. The molecule has 0 aromatic heterocycles. The van der Waals surface area contributed by atoms with Crippen molar-refractivity contribution in [2.24, 2.45) is 0 Å². The Morgan fingerprint density at radius 2 is 1.82 bits per heavy atom. The average Bonchev–Trinajstić information content (AvgIpc) is 2.53. The van der Waals surface area contributed by atoms with Gasteiger partial charge in [-0.1, -0.05) is 12.1 Å². The summed E-state index contributed by atoms with van der Waals surface area (Å²) in [6.07, 6.45) is 0. The van der Waals surface area contributed by atoms with Gasteiger partial charge in [-0.3, -0.25) is 0 Å². The number of sulfonamides is 1. The van der Waals surface area contributed by atoms with Crippen molar-refractivity contribution < 1.29 is 17.5 Å². The van der Waals surface area contributed by atoms with Gasteiger partial charge in [-0.05, 0) is 36.4 Å². The highest BCUT2D eigenvalue weighted by Gasteiger charge is 2.13. The molecular weight excluding hydrogens is 307 g/mol. The number of halogens is 1. The molecule has 7 heteroatoms. The fraction of sp³-hybridized carbons (Fsp3) is 0.133. The molecule has 1 N–H and O–H groups in total. The van der Waals surface area contributed by atoms with Crippen molar-refractivity contribution in [1.29, 1.82) is 5.26 Å². The van der Waals surface area contributed by atoms with Crippen molar-refractivity contribution in [2.75, 3.05) is 13.2 Å². The SMILES string of the molecule is N#Cc1ccc(S(=O)(=O)NCCOc2ccccc2F)cc1. The first-order chi connectivity index (χ1) is 10.5. The predicted octanol–water partition coefficient (Wildman–Crippen LogP) is 2.05. The van der Waals surface area contributed by atoms with Crippen LogP contribution in [-0.4, -0.2) is 21.6 Å². The lowest BCUT2D eigenvalue weighted by Crippen LogP contribution is -2.28. The first-order valence-electron chi connectivity index (χ1n) is 6.40. The third kappa shape index (κ3) is 4.04. The molecule has 0 aliphatic rings. The summed E-state index contributed by atoms with van der Waals surface area (Å²) in [5, 5.41) is 8.67. The molecule has 22 heavy (non-hydrogen) atoms. The van der Waals surface area contributed by atoms with Gasteiger partial charge in [0.05, 0.1) is 16.5 Å². The molecule has 0 bridgehead atoms. The Kier molecular flexibility index (Phi) is 5.09. The van der Waals surface area contributed by atoms with E-state index < -0.39 is 15.8 Å². The summed E-state index contributed by atoms with van der Waals surface area (Å²) >= 11 is 0. The minimum absolute atomic E-state index is 0.00330. The van der Waals surface area contributed by atoms with Crippen LogP contribution in [0.15, 0.2) is 53.4 Å². The van der Waals surface area contributed by atoms with Crippen molar-refractivity contribution in [3.63, 3.8) is 0 Å². The molecule has 0 unspecified atom stereocenters. The van der Waals surface area contributed by atoms with Crippen LogP contribution in [0, 0.1) is 17.1 Å². The molecule has 0 saturated carbocycles. The fourth-order valence-corrected chi connectivity index (χ4v) is 2.70. The van der Waals surface area contributed by atoms with Crippen LogP contribution in [-0.2, 0) is 10.0 Å². The number of nitriles is 1. The number of hydrogen-bond donors (Lipinski definition) is 1. The van der Waals surface area contributed by atoms with E-state index in [0.717, 1.165) is 0 Å². The topological polar surface area (TPSA) is 79.2 Å². The van der Waals surface area contributed by atoms with Gasteiger partial charge in [-0.25, -0.2) is 17.5 Å². The van der Waals surface area contributed by atoms with Crippen molar-refractivity contribution in [3.05, 3.63) is 59.9 Å². The Hall–Kier alpha value is -2.43. The minimum Gasteiger partial charge on any atom is -0.489 e. The lowest BCUT2D eigenvalue weighted by Gasteiger charge is -2.09. The second-order valence-corrected chi connectivity index (χ2v) is 6.08. The van der Waals surface area contributed by atoms with Crippen molar-refractivity contribution in [1.82, 2.24) is 4.72 Å². The van der Waals surface area contributed by atoms with Crippen molar-refractivity contribution in [2.45, 2.75) is 4.90 Å². The van der Waals surface area contributed by atoms with Gasteiger partial charge in [0.1, 0.15) is 6.61 Å². The van der Waals surface area contributed by atoms with Crippen LogP contribution in [0.4, 0.5) is 4.39 Å². The predicted molar refractivity (Wildman–Crippen MR) is 78.2 cm³/mol. The third-order valence-corrected chi connectivity index (χ3v) is 4.26. The summed E-state index contributed by atoms with van der Waals surface area (Å²) in [4.78, 5) is 0.0531. The maximum absolute atomic E-state index is 13.3. The molecule has 2 aromatic rings. The number of rotatable bonds is 6. The van der Waals surface area contributed by atoms with Crippen LogP contribution >= 0.6 is 0 Å². The van der Waals surface area contributed by atoms with Gasteiger partial charge in [0.15, 0.2) is 11.6 Å². The largest absolute Gasteiger partial charge is 0.489 e. The Balaban J connectivity index is 1.90. The molecule has 114 valence electrons. The minimum atomic E-state index is -3.68. The average molecular weight is 320 g/mol. The van der Waals surface area contributed by atoms with E-state index in [1.807, 2.05) is 6.07 Å². The zero-order valence-electron chi connectivity index (χ0n) is 11.5. The van der Waals surface area contributed by atoms with Gasteiger partial charge in [0.25, 0.3) is 0 Å². The van der Waals surface area contributed by atoms with Crippen LogP contribution in [0.5, 0.6) is 5.75 Å². The lowest BCUT2D eigenvalue weighted by atomic mass is 10.2. The second-order valence-electron chi connectivity index (χ2n) is 4.31. The highest BCUT2D eigenvalue weighted by atomic mass is 32.2. The van der Waals surface area contributed by atoms with Crippen LogP contribution < -0.4 is 9.46 Å². The second kappa shape index (κ2) is 7.02. The first-order valence-corrected chi connectivity index (χ1v) is 7.88. The molecule has 0 aliphatic heterocycles. The Morgan fingerprint density at radius 3 is 2.45 bits per heavy atom. The van der Waals surface area contributed by atoms with Gasteiger partial charge in [-0.15, -0.1) is 0 Å². The maximum atomic E-state index is 13.3. The maximum Gasteiger partial charge on any atom is 0.240 e. The molecule has 0 amide bonds. The lowest BCUT2D eigenvalue weighted by molar-refractivity contribution is 0.306. The summed E-state index contributed by atoms with van der Waals surface area (Å²) in [5.74, 6) is -0.433. The summed E-state index contributed by atoms with van der Waals surface area (Å²) in [5.41, 5.74) is 0.377. The molecule has 0 atom stereocenters. The highest BCUT2D eigenvalue weighted by molar-refractivity contribution is 7.89. The number of ether oxygens (including phenoxy) is 1. The monoisotopic (exact) mass is 320 g/mol. The smallest absolute Gasteiger partial charge is 0.240 e. The Bertz CT molecular complexity index is 783.